The fourth-order valence-corrected chi connectivity index (χ4v) is 5.88. The Labute approximate surface area is 162 Å². The molecule has 0 aliphatic carbocycles. The first-order valence-electron chi connectivity index (χ1n) is 9.87. The van der Waals surface area contributed by atoms with Crippen molar-refractivity contribution in [2.24, 2.45) is 0 Å². The number of benzene rings is 1. The Bertz CT molecular complexity index is 396. The van der Waals surface area contributed by atoms with E-state index in [4.69, 9.17) is 0 Å². The van der Waals surface area contributed by atoms with Crippen molar-refractivity contribution in [1.82, 2.24) is 0 Å². The molecule has 0 bridgehead atoms. The SMILES string of the molecule is CCCCCCCCCCCC[P+](CO)(CO)Cc1ccccc1.[Cl-]. The second-order valence-corrected chi connectivity index (χ2v) is 11.2. The minimum atomic E-state index is -1.64. The lowest BCUT2D eigenvalue weighted by molar-refractivity contribution is -0.00000681. The third kappa shape index (κ3) is 11.2. The van der Waals surface area contributed by atoms with Gasteiger partial charge in [-0.25, -0.2) is 0 Å². The Balaban J connectivity index is 0.00000576. The van der Waals surface area contributed by atoms with E-state index in [1.807, 2.05) is 18.2 Å². The average molecular weight is 389 g/mol. The summed E-state index contributed by atoms with van der Waals surface area (Å²) in [6.07, 6.45) is 15.5. The molecule has 0 saturated heterocycles. The summed E-state index contributed by atoms with van der Waals surface area (Å²) in [5.41, 5.74) is 1.25. The van der Waals surface area contributed by atoms with E-state index in [0.717, 1.165) is 18.7 Å². The summed E-state index contributed by atoms with van der Waals surface area (Å²) in [7, 11) is -1.64. The first-order chi connectivity index (χ1) is 11.8. The number of aliphatic hydroxyl groups is 2. The highest BCUT2D eigenvalue weighted by Gasteiger charge is 2.35. The van der Waals surface area contributed by atoms with E-state index in [0.29, 0.717) is 0 Å². The van der Waals surface area contributed by atoms with Gasteiger partial charge in [0.05, 0.1) is 19.6 Å². The molecule has 1 aromatic rings. The molecule has 0 heterocycles. The van der Waals surface area contributed by atoms with E-state index < -0.39 is 7.26 Å². The number of aliphatic hydroxyl groups excluding tert-OH is 2. The molecule has 1 rings (SSSR count). The van der Waals surface area contributed by atoms with Gasteiger partial charge in [-0.05, 0) is 18.4 Å². The lowest BCUT2D eigenvalue weighted by Crippen LogP contribution is -3.00. The predicted molar refractivity (Wildman–Crippen MR) is 108 cm³/mol. The van der Waals surface area contributed by atoms with Crippen molar-refractivity contribution in [3.05, 3.63) is 35.9 Å². The minimum Gasteiger partial charge on any atom is -1.00 e. The summed E-state index contributed by atoms with van der Waals surface area (Å²) in [6.45, 7) is 2.26. The highest BCUT2D eigenvalue weighted by molar-refractivity contribution is 7.74. The van der Waals surface area contributed by atoms with Gasteiger partial charge in [0.1, 0.15) is 0 Å². The van der Waals surface area contributed by atoms with E-state index in [1.165, 1.54) is 63.4 Å². The number of hydrogen-bond donors (Lipinski definition) is 2. The average Bonchev–Trinajstić information content (AvgIpc) is 2.63. The van der Waals surface area contributed by atoms with Crippen molar-refractivity contribution in [3.8, 4) is 0 Å². The van der Waals surface area contributed by atoms with Gasteiger partial charge in [0.25, 0.3) is 0 Å². The second kappa shape index (κ2) is 16.1. The number of rotatable bonds is 15. The molecule has 0 spiro atoms. The highest BCUT2D eigenvalue weighted by Crippen LogP contribution is 2.60. The van der Waals surface area contributed by atoms with Gasteiger partial charge in [-0.15, -0.1) is 0 Å². The normalized spacial score (nSPS) is 11.3. The van der Waals surface area contributed by atoms with Crippen LogP contribution in [0.1, 0.15) is 76.7 Å². The maximum absolute atomic E-state index is 9.87. The molecule has 0 atom stereocenters. The van der Waals surface area contributed by atoms with E-state index in [9.17, 15) is 10.2 Å². The molecule has 1 aromatic carbocycles. The molecule has 146 valence electrons. The number of hydrogen-bond acceptors (Lipinski definition) is 2. The van der Waals surface area contributed by atoms with Crippen LogP contribution in [-0.4, -0.2) is 29.1 Å². The van der Waals surface area contributed by atoms with Crippen LogP contribution in [0.15, 0.2) is 30.3 Å². The molecule has 2 N–H and O–H groups in total. The molecule has 25 heavy (non-hydrogen) atoms. The maximum Gasteiger partial charge on any atom is 0.156 e. The van der Waals surface area contributed by atoms with Crippen molar-refractivity contribution in [2.45, 2.75) is 77.3 Å². The third-order valence-corrected chi connectivity index (χ3v) is 8.45. The van der Waals surface area contributed by atoms with Gasteiger partial charge >= 0.3 is 0 Å². The van der Waals surface area contributed by atoms with E-state index in [2.05, 4.69) is 19.1 Å². The fraction of sp³-hybridized carbons (Fsp3) is 0.714. The zero-order valence-corrected chi connectivity index (χ0v) is 17.7. The van der Waals surface area contributed by atoms with Crippen LogP contribution in [0.3, 0.4) is 0 Å². The molecule has 0 radical (unpaired) electrons. The Morgan fingerprint density at radius 2 is 1.20 bits per heavy atom. The van der Waals surface area contributed by atoms with E-state index >= 15 is 0 Å². The van der Waals surface area contributed by atoms with Crippen LogP contribution in [0.2, 0.25) is 0 Å². The first-order valence-corrected chi connectivity index (χ1v) is 12.4. The molecule has 0 aliphatic heterocycles. The topological polar surface area (TPSA) is 40.5 Å². The van der Waals surface area contributed by atoms with Gasteiger partial charge in [0.15, 0.2) is 12.7 Å². The molecule has 0 unspecified atom stereocenters. The van der Waals surface area contributed by atoms with Crippen LogP contribution in [-0.2, 0) is 6.16 Å². The first kappa shape index (κ1) is 24.9. The van der Waals surface area contributed by atoms with Gasteiger partial charge in [-0.1, -0.05) is 88.6 Å². The van der Waals surface area contributed by atoms with Crippen LogP contribution >= 0.6 is 7.26 Å². The largest absolute Gasteiger partial charge is 1.00 e. The Morgan fingerprint density at radius 1 is 0.720 bits per heavy atom. The summed E-state index contributed by atoms with van der Waals surface area (Å²) in [5, 5.41) is 19.7. The lowest BCUT2D eigenvalue weighted by Gasteiger charge is -2.23. The zero-order chi connectivity index (χ0) is 17.5. The third-order valence-electron chi connectivity index (χ3n) is 4.95. The smallest absolute Gasteiger partial charge is 0.156 e. The fourth-order valence-electron chi connectivity index (χ4n) is 3.27. The van der Waals surface area contributed by atoms with Crippen LogP contribution in [0, 0.1) is 0 Å². The maximum atomic E-state index is 9.87. The predicted octanol–water partition coefficient (Wildman–Crippen LogP) is 3.03. The summed E-state index contributed by atoms with van der Waals surface area (Å²) in [6, 6.07) is 10.3. The molecule has 0 saturated carbocycles. The summed E-state index contributed by atoms with van der Waals surface area (Å²) in [4.78, 5) is 0. The summed E-state index contributed by atoms with van der Waals surface area (Å²) < 4.78 is 0. The van der Waals surface area contributed by atoms with Crippen molar-refractivity contribution in [2.75, 3.05) is 18.9 Å². The molecule has 0 aliphatic rings. The summed E-state index contributed by atoms with van der Waals surface area (Å²) >= 11 is 0. The molecular weight excluding hydrogens is 351 g/mol. The quantitative estimate of drug-likeness (QED) is 0.358. The van der Waals surface area contributed by atoms with E-state index in [-0.39, 0.29) is 25.1 Å². The van der Waals surface area contributed by atoms with Crippen molar-refractivity contribution in [3.63, 3.8) is 0 Å². The lowest BCUT2D eigenvalue weighted by atomic mass is 10.1. The zero-order valence-electron chi connectivity index (χ0n) is 16.0. The van der Waals surface area contributed by atoms with Crippen LogP contribution in [0.25, 0.3) is 0 Å². The standard InChI is InChI=1S/C21H38O2P.ClH/c1-2-3-4-5-6-7-8-9-10-14-17-24(19-22,20-23)18-21-15-12-11-13-16-21;/h11-13,15-16,22-23H,2-10,14,17-20H2,1H3;1H/q+1;/p-1. The molecule has 0 aromatic heterocycles. The number of unbranched alkanes of at least 4 members (excludes halogenated alkanes) is 9. The monoisotopic (exact) mass is 388 g/mol. The van der Waals surface area contributed by atoms with Crippen molar-refractivity contribution in [1.29, 1.82) is 0 Å². The Kier molecular flexibility index (Phi) is 16.0. The van der Waals surface area contributed by atoms with Crippen LogP contribution in [0.5, 0.6) is 0 Å². The van der Waals surface area contributed by atoms with E-state index in [1.54, 1.807) is 0 Å². The molecule has 0 fully saturated rings. The highest BCUT2D eigenvalue weighted by atomic mass is 35.5. The number of halogens is 1. The van der Waals surface area contributed by atoms with Gasteiger partial charge in [-0.2, -0.15) is 0 Å². The van der Waals surface area contributed by atoms with Crippen LogP contribution in [0.4, 0.5) is 0 Å². The molecule has 4 heteroatoms. The van der Waals surface area contributed by atoms with Crippen molar-refractivity contribution >= 4 is 7.26 Å². The van der Waals surface area contributed by atoms with Gasteiger partial charge in [-0.3, -0.25) is 0 Å². The Hall–Kier alpha value is -0.140. The summed E-state index contributed by atoms with van der Waals surface area (Å²) in [5.74, 6) is 0. The Morgan fingerprint density at radius 3 is 1.68 bits per heavy atom. The van der Waals surface area contributed by atoms with Gasteiger partial charge in [0.2, 0.25) is 0 Å². The molecule has 0 amide bonds. The minimum absolute atomic E-state index is 0. The molecule has 2 nitrogen and oxygen atoms in total. The van der Waals surface area contributed by atoms with Crippen LogP contribution < -0.4 is 12.4 Å². The molecular formula is C21H38ClO2P. The van der Waals surface area contributed by atoms with Crippen molar-refractivity contribution < 1.29 is 22.6 Å². The van der Waals surface area contributed by atoms with Gasteiger partial charge < -0.3 is 22.6 Å². The second-order valence-electron chi connectivity index (χ2n) is 7.17. The van der Waals surface area contributed by atoms with Gasteiger partial charge in [0, 0.05) is 0 Å².